The average Bonchev–Trinajstić information content (AvgIpc) is 2.18. The Kier molecular flexibility index (Phi) is 4.19. The van der Waals surface area contributed by atoms with Crippen molar-refractivity contribution in [1.82, 2.24) is 10.2 Å². The van der Waals surface area contributed by atoms with Crippen LogP contribution in [0.2, 0.25) is 0 Å². The van der Waals surface area contributed by atoms with Gasteiger partial charge in [-0.05, 0) is 58.7 Å². The molecule has 0 unspecified atom stereocenters. The van der Waals surface area contributed by atoms with Crippen molar-refractivity contribution in [2.45, 2.75) is 52.5 Å². The van der Waals surface area contributed by atoms with E-state index in [1.165, 1.54) is 38.9 Å². The second kappa shape index (κ2) is 4.84. The highest BCUT2D eigenvalue weighted by atomic mass is 15.2. The molecule has 0 radical (unpaired) electrons. The van der Waals surface area contributed by atoms with Gasteiger partial charge in [0, 0.05) is 12.1 Å². The first-order valence-electron chi connectivity index (χ1n) is 6.32. The van der Waals surface area contributed by atoms with Crippen molar-refractivity contribution in [3.8, 4) is 0 Å². The van der Waals surface area contributed by atoms with Crippen LogP contribution in [0.25, 0.3) is 0 Å². The van der Waals surface area contributed by atoms with Gasteiger partial charge < -0.3 is 10.2 Å². The van der Waals surface area contributed by atoms with Gasteiger partial charge in [0.2, 0.25) is 0 Å². The lowest BCUT2D eigenvalue weighted by molar-refractivity contribution is 0.0721. The van der Waals surface area contributed by atoms with Gasteiger partial charge in [0.05, 0.1) is 0 Å². The molecule has 0 spiro atoms. The summed E-state index contributed by atoms with van der Waals surface area (Å²) >= 11 is 0. The molecule has 1 N–H and O–H groups in total. The number of rotatable bonds is 4. The topological polar surface area (TPSA) is 15.3 Å². The first-order chi connectivity index (χ1) is 6.90. The highest BCUT2D eigenvalue weighted by Gasteiger charge is 2.32. The summed E-state index contributed by atoms with van der Waals surface area (Å²) in [5, 5.41) is 3.45. The highest BCUT2D eigenvalue weighted by Crippen LogP contribution is 2.31. The Bertz CT molecular complexity index is 193. The van der Waals surface area contributed by atoms with Crippen LogP contribution >= 0.6 is 0 Å². The summed E-state index contributed by atoms with van der Waals surface area (Å²) in [7, 11) is 2.27. The zero-order valence-corrected chi connectivity index (χ0v) is 11.2. The smallest absolute Gasteiger partial charge is 0.0147 e. The van der Waals surface area contributed by atoms with Crippen LogP contribution in [0.3, 0.4) is 0 Å². The SMILES string of the molecule is CCC(C)(C)N(C)CC1(C)CCNCC1. The van der Waals surface area contributed by atoms with Gasteiger partial charge in [-0.3, -0.25) is 0 Å². The predicted octanol–water partition coefficient (Wildman–Crippen LogP) is 2.50. The molecule has 1 aliphatic heterocycles. The lowest BCUT2D eigenvalue weighted by Gasteiger charge is -2.43. The summed E-state index contributed by atoms with van der Waals surface area (Å²) < 4.78 is 0. The second-order valence-electron chi connectivity index (χ2n) is 6.08. The van der Waals surface area contributed by atoms with E-state index in [1.807, 2.05) is 0 Å². The fourth-order valence-electron chi connectivity index (χ4n) is 2.24. The molecule has 0 saturated carbocycles. The first kappa shape index (κ1) is 13.0. The average molecular weight is 212 g/mol. The van der Waals surface area contributed by atoms with Crippen molar-refractivity contribution in [3.05, 3.63) is 0 Å². The molecule has 90 valence electrons. The fraction of sp³-hybridized carbons (Fsp3) is 1.00. The van der Waals surface area contributed by atoms with Crippen LogP contribution < -0.4 is 5.32 Å². The van der Waals surface area contributed by atoms with E-state index in [-0.39, 0.29) is 0 Å². The summed E-state index contributed by atoms with van der Waals surface area (Å²) in [5.41, 5.74) is 0.861. The molecular weight excluding hydrogens is 184 g/mol. The second-order valence-corrected chi connectivity index (χ2v) is 6.08. The molecule has 2 nitrogen and oxygen atoms in total. The summed E-state index contributed by atoms with van der Waals surface area (Å²) in [4.78, 5) is 2.54. The van der Waals surface area contributed by atoms with E-state index in [0.717, 1.165) is 0 Å². The first-order valence-corrected chi connectivity index (χ1v) is 6.32. The summed E-state index contributed by atoms with van der Waals surface area (Å²) in [6.45, 7) is 13.0. The normalized spacial score (nSPS) is 22.0. The maximum absolute atomic E-state index is 3.45. The quantitative estimate of drug-likeness (QED) is 0.770. The van der Waals surface area contributed by atoms with Crippen LogP contribution in [-0.2, 0) is 0 Å². The lowest BCUT2D eigenvalue weighted by Crippen LogP contribution is -2.48. The third kappa shape index (κ3) is 3.46. The third-order valence-electron chi connectivity index (χ3n) is 4.33. The molecular formula is C13H28N2. The van der Waals surface area contributed by atoms with Crippen LogP contribution in [-0.4, -0.2) is 37.1 Å². The molecule has 1 rings (SSSR count). The molecule has 0 aromatic heterocycles. The van der Waals surface area contributed by atoms with Crippen molar-refractivity contribution in [2.75, 3.05) is 26.7 Å². The van der Waals surface area contributed by atoms with E-state index < -0.39 is 0 Å². The lowest BCUT2D eigenvalue weighted by atomic mass is 9.79. The summed E-state index contributed by atoms with van der Waals surface area (Å²) in [6, 6.07) is 0. The minimum atomic E-state index is 0.341. The van der Waals surface area contributed by atoms with Crippen LogP contribution in [0.15, 0.2) is 0 Å². The Morgan fingerprint density at radius 1 is 1.27 bits per heavy atom. The van der Waals surface area contributed by atoms with Gasteiger partial charge >= 0.3 is 0 Å². The van der Waals surface area contributed by atoms with E-state index in [4.69, 9.17) is 0 Å². The fourth-order valence-corrected chi connectivity index (χ4v) is 2.24. The molecule has 0 bridgehead atoms. The van der Waals surface area contributed by atoms with Gasteiger partial charge in [0.1, 0.15) is 0 Å². The minimum absolute atomic E-state index is 0.341. The molecule has 2 heteroatoms. The van der Waals surface area contributed by atoms with Gasteiger partial charge in [-0.15, -0.1) is 0 Å². The van der Waals surface area contributed by atoms with Crippen LogP contribution in [0.4, 0.5) is 0 Å². The van der Waals surface area contributed by atoms with Crippen LogP contribution in [0.1, 0.15) is 47.0 Å². The Morgan fingerprint density at radius 2 is 1.80 bits per heavy atom. The van der Waals surface area contributed by atoms with Crippen molar-refractivity contribution >= 4 is 0 Å². The Labute approximate surface area is 95.4 Å². The maximum Gasteiger partial charge on any atom is 0.0147 e. The van der Waals surface area contributed by atoms with E-state index in [2.05, 4.69) is 45.0 Å². The number of nitrogens with one attached hydrogen (secondary N) is 1. The molecule has 0 aliphatic carbocycles. The van der Waals surface area contributed by atoms with Gasteiger partial charge in [-0.25, -0.2) is 0 Å². The molecule has 15 heavy (non-hydrogen) atoms. The molecule has 0 aromatic carbocycles. The van der Waals surface area contributed by atoms with Crippen LogP contribution in [0.5, 0.6) is 0 Å². The Hall–Kier alpha value is -0.0800. The van der Waals surface area contributed by atoms with Crippen molar-refractivity contribution in [2.24, 2.45) is 5.41 Å². The largest absolute Gasteiger partial charge is 0.317 e. The molecule has 1 heterocycles. The van der Waals surface area contributed by atoms with Gasteiger partial charge in [-0.2, -0.15) is 0 Å². The third-order valence-corrected chi connectivity index (χ3v) is 4.33. The molecule has 1 aliphatic rings. The molecule has 0 aromatic rings. The van der Waals surface area contributed by atoms with Gasteiger partial charge in [0.15, 0.2) is 0 Å². The number of hydrogen-bond donors (Lipinski definition) is 1. The van der Waals surface area contributed by atoms with Gasteiger partial charge in [-0.1, -0.05) is 13.8 Å². The number of piperidine rings is 1. The molecule has 1 fully saturated rings. The molecule has 0 atom stereocenters. The van der Waals surface area contributed by atoms with E-state index in [0.29, 0.717) is 11.0 Å². The zero-order chi connectivity index (χ0) is 11.5. The van der Waals surface area contributed by atoms with Gasteiger partial charge in [0.25, 0.3) is 0 Å². The van der Waals surface area contributed by atoms with E-state index in [1.54, 1.807) is 0 Å². The monoisotopic (exact) mass is 212 g/mol. The number of hydrogen-bond acceptors (Lipinski definition) is 2. The summed E-state index contributed by atoms with van der Waals surface area (Å²) in [5.74, 6) is 0. The number of nitrogens with zero attached hydrogens (tertiary/aromatic N) is 1. The summed E-state index contributed by atoms with van der Waals surface area (Å²) in [6.07, 6.45) is 3.85. The zero-order valence-electron chi connectivity index (χ0n) is 11.2. The van der Waals surface area contributed by atoms with E-state index in [9.17, 15) is 0 Å². The van der Waals surface area contributed by atoms with Crippen molar-refractivity contribution in [1.29, 1.82) is 0 Å². The van der Waals surface area contributed by atoms with Crippen LogP contribution in [0, 0.1) is 5.41 Å². The Balaban J connectivity index is 2.52. The Morgan fingerprint density at radius 3 is 2.27 bits per heavy atom. The van der Waals surface area contributed by atoms with Crippen molar-refractivity contribution < 1.29 is 0 Å². The van der Waals surface area contributed by atoms with E-state index >= 15 is 0 Å². The molecule has 1 saturated heterocycles. The van der Waals surface area contributed by atoms with Crippen molar-refractivity contribution in [3.63, 3.8) is 0 Å². The standard InChI is InChI=1S/C13H28N2/c1-6-12(2,3)15(5)11-13(4)7-9-14-10-8-13/h14H,6-11H2,1-5H3. The molecule has 0 amide bonds. The minimum Gasteiger partial charge on any atom is -0.317 e. The highest BCUT2D eigenvalue weighted by molar-refractivity contribution is 4.87. The maximum atomic E-state index is 3.45. The predicted molar refractivity (Wildman–Crippen MR) is 67.2 cm³/mol.